The van der Waals surface area contributed by atoms with Crippen molar-refractivity contribution in [3.63, 3.8) is 0 Å². The molecule has 3 aromatic heterocycles. The normalized spacial score (nSPS) is 14.0. The quantitative estimate of drug-likeness (QED) is 0.768. The highest BCUT2D eigenvalue weighted by Crippen LogP contribution is 2.40. The van der Waals surface area contributed by atoms with E-state index >= 15 is 0 Å². The average Bonchev–Trinajstić information content (AvgIpc) is 3.20. The van der Waals surface area contributed by atoms with Gasteiger partial charge in [-0.15, -0.1) is 11.3 Å². The Balaban J connectivity index is 1.80. The number of anilines is 1. The van der Waals surface area contributed by atoms with Crippen LogP contribution in [0, 0.1) is 11.3 Å². The number of pyridine rings is 1. The van der Waals surface area contributed by atoms with Crippen molar-refractivity contribution in [1.82, 2.24) is 14.8 Å². The van der Waals surface area contributed by atoms with Gasteiger partial charge in [0.05, 0.1) is 22.7 Å². The maximum Gasteiger partial charge on any atom is 0.257 e. The minimum Gasteiger partial charge on any atom is -0.312 e. The van der Waals surface area contributed by atoms with E-state index < -0.39 is 0 Å². The molecule has 3 aromatic rings. The summed E-state index contributed by atoms with van der Waals surface area (Å²) in [5.74, 6) is 0.208. The first-order chi connectivity index (χ1) is 12.1. The molecule has 25 heavy (non-hydrogen) atoms. The highest BCUT2D eigenvalue weighted by molar-refractivity contribution is 7.14. The fraction of sp³-hybridized carbons (Fsp3) is 0.333. The molecule has 0 radical (unpaired) electrons. The Morgan fingerprint density at radius 1 is 1.48 bits per heavy atom. The molecule has 0 atom stereocenters. The molecular weight excluding hydrogens is 334 g/mol. The number of fused-ring (bicyclic) bond motifs is 1. The van der Waals surface area contributed by atoms with Gasteiger partial charge in [0.15, 0.2) is 5.65 Å². The Labute approximate surface area is 149 Å². The average molecular weight is 351 g/mol. The van der Waals surface area contributed by atoms with E-state index in [2.05, 4.69) is 16.5 Å². The Hall–Kier alpha value is -2.72. The molecule has 1 fully saturated rings. The van der Waals surface area contributed by atoms with E-state index in [0.29, 0.717) is 22.0 Å². The van der Waals surface area contributed by atoms with Crippen molar-refractivity contribution in [1.29, 1.82) is 5.26 Å². The lowest BCUT2D eigenvalue weighted by Crippen LogP contribution is -2.13. The Morgan fingerprint density at radius 3 is 2.96 bits per heavy atom. The Bertz CT molecular complexity index is 1010. The van der Waals surface area contributed by atoms with Crippen LogP contribution >= 0.6 is 11.3 Å². The second-order valence-corrected chi connectivity index (χ2v) is 7.43. The van der Waals surface area contributed by atoms with E-state index in [9.17, 15) is 4.79 Å². The molecule has 0 saturated heterocycles. The molecule has 4 rings (SSSR count). The summed E-state index contributed by atoms with van der Waals surface area (Å²) in [4.78, 5) is 17.7. The number of aromatic nitrogens is 3. The molecule has 126 valence electrons. The molecule has 1 aliphatic rings. The van der Waals surface area contributed by atoms with Crippen LogP contribution in [-0.4, -0.2) is 20.7 Å². The number of nitrogens with zero attached hydrogens (tertiary/aromatic N) is 4. The minimum absolute atomic E-state index is 0.165. The summed E-state index contributed by atoms with van der Waals surface area (Å²) >= 11 is 1.34. The molecule has 7 heteroatoms. The molecule has 1 amide bonds. The first-order valence-electron chi connectivity index (χ1n) is 8.25. The second-order valence-electron chi connectivity index (χ2n) is 6.52. The summed E-state index contributed by atoms with van der Waals surface area (Å²) in [5.41, 5.74) is 2.74. The molecule has 1 N–H and O–H groups in total. The zero-order valence-electron chi connectivity index (χ0n) is 14.0. The maximum atomic E-state index is 12.9. The van der Waals surface area contributed by atoms with Gasteiger partial charge in [-0.25, -0.2) is 9.67 Å². The Kier molecular flexibility index (Phi) is 3.77. The van der Waals surface area contributed by atoms with Crippen LogP contribution < -0.4 is 5.32 Å². The smallest absolute Gasteiger partial charge is 0.257 e. The number of carbonyl (C=O) groups is 1. The van der Waals surface area contributed by atoms with Crippen LogP contribution in [0.15, 0.2) is 23.7 Å². The Morgan fingerprint density at radius 2 is 2.28 bits per heavy atom. The fourth-order valence-corrected chi connectivity index (χ4v) is 3.59. The van der Waals surface area contributed by atoms with E-state index in [4.69, 9.17) is 10.2 Å². The number of carbonyl (C=O) groups excluding carboxylic acids is 1. The standard InChI is InChI=1S/C18H17N5OS/c1-10(2)23-16-14(9-20-23)13(7-15(21-16)11-3-4-11)17(24)22-18-12(8-19)5-6-25-18/h5-7,9-11H,3-4H2,1-2H3,(H,22,24). The monoisotopic (exact) mass is 351 g/mol. The number of thiophene rings is 1. The SMILES string of the molecule is CC(C)n1ncc2c(C(=O)Nc3sccc3C#N)cc(C3CC3)nc21. The largest absolute Gasteiger partial charge is 0.312 e. The van der Waals surface area contributed by atoms with Crippen molar-refractivity contribution in [2.45, 2.75) is 38.6 Å². The third-order valence-corrected chi connectivity index (χ3v) is 5.16. The first kappa shape index (κ1) is 15.8. The van der Waals surface area contributed by atoms with Gasteiger partial charge in [0.25, 0.3) is 5.91 Å². The van der Waals surface area contributed by atoms with E-state index in [-0.39, 0.29) is 11.9 Å². The van der Waals surface area contributed by atoms with Crippen LogP contribution in [0.4, 0.5) is 5.00 Å². The van der Waals surface area contributed by atoms with Gasteiger partial charge in [0.1, 0.15) is 11.1 Å². The van der Waals surface area contributed by atoms with Gasteiger partial charge in [0.2, 0.25) is 0 Å². The summed E-state index contributed by atoms with van der Waals surface area (Å²) in [5, 5.41) is 19.5. The molecule has 3 heterocycles. The topological polar surface area (TPSA) is 83.6 Å². The zero-order chi connectivity index (χ0) is 17.6. The number of nitrogens with one attached hydrogen (secondary N) is 1. The van der Waals surface area contributed by atoms with Crippen molar-refractivity contribution in [3.8, 4) is 6.07 Å². The van der Waals surface area contributed by atoms with Crippen LogP contribution in [0.25, 0.3) is 11.0 Å². The van der Waals surface area contributed by atoms with Crippen molar-refractivity contribution in [2.24, 2.45) is 0 Å². The van der Waals surface area contributed by atoms with Crippen molar-refractivity contribution in [2.75, 3.05) is 5.32 Å². The molecule has 6 nitrogen and oxygen atoms in total. The lowest BCUT2D eigenvalue weighted by Gasteiger charge is -2.10. The molecule has 0 aliphatic heterocycles. The summed E-state index contributed by atoms with van der Waals surface area (Å²) in [6.07, 6.45) is 3.92. The fourth-order valence-electron chi connectivity index (χ4n) is 2.86. The number of hydrogen-bond acceptors (Lipinski definition) is 5. The zero-order valence-corrected chi connectivity index (χ0v) is 14.8. The van der Waals surface area contributed by atoms with Gasteiger partial charge in [-0.05, 0) is 44.2 Å². The highest BCUT2D eigenvalue weighted by Gasteiger charge is 2.28. The van der Waals surface area contributed by atoms with E-state index in [1.807, 2.05) is 24.6 Å². The van der Waals surface area contributed by atoms with Crippen molar-refractivity contribution in [3.05, 3.63) is 40.5 Å². The first-order valence-corrected chi connectivity index (χ1v) is 9.13. The van der Waals surface area contributed by atoms with E-state index in [0.717, 1.165) is 29.6 Å². The lowest BCUT2D eigenvalue weighted by molar-refractivity contribution is 0.102. The van der Waals surface area contributed by atoms with Crippen molar-refractivity contribution < 1.29 is 4.79 Å². The predicted molar refractivity (Wildman–Crippen MR) is 96.9 cm³/mol. The molecule has 0 bridgehead atoms. The van der Waals surface area contributed by atoms with Crippen LogP contribution in [0.3, 0.4) is 0 Å². The number of hydrogen-bond donors (Lipinski definition) is 1. The molecule has 1 aliphatic carbocycles. The molecule has 0 unspecified atom stereocenters. The minimum atomic E-state index is -0.225. The van der Waals surface area contributed by atoms with E-state index in [1.54, 1.807) is 17.6 Å². The second kappa shape index (κ2) is 5.97. The van der Waals surface area contributed by atoms with Crippen LogP contribution in [0.1, 0.15) is 60.3 Å². The van der Waals surface area contributed by atoms with Gasteiger partial charge in [0, 0.05) is 17.7 Å². The lowest BCUT2D eigenvalue weighted by atomic mass is 10.1. The van der Waals surface area contributed by atoms with Gasteiger partial charge < -0.3 is 5.32 Å². The van der Waals surface area contributed by atoms with Gasteiger partial charge in [-0.1, -0.05) is 0 Å². The summed E-state index contributed by atoms with van der Waals surface area (Å²) in [6.45, 7) is 4.09. The van der Waals surface area contributed by atoms with Crippen LogP contribution in [0.5, 0.6) is 0 Å². The summed E-state index contributed by atoms with van der Waals surface area (Å²) in [7, 11) is 0. The molecular formula is C18H17N5OS. The summed E-state index contributed by atoms with van der Waals surface area (Å²) in [6, 6.07) is 5.84. The van der Waals surface area contributed by atoms with E-state index in [1.165, 1.54) is 11.3 Å². The third-order valence-electron chi connectivity index (χ3n) is 4.33. The number of nitriles is 1. The molecule has 1 saturated carbocycles. The summed E-state index contributed by atoms with van der Waals surface area (Å²) < 4.78 is 1.85. The number of amides is 1. The van der Waals surface area contributed by atoms with Gasteiger partial charge >= 0.3 is 0 Å². The van der Waals surface area contributed by atoms with Crippen molar-refractivity contribution >= 4 is 33.3 Å². The maximum absolute atomic E-state index is 12.9. The predicted octanol–water partition coefficient (Wildman–Crippen LogP) is 4.08. The molecule has 0 spiro atoms. The van der Waals surface area contributed by atoms with Crippen LogP contribution in [0.2, 0.25) is 0 Å². The van der Waals surface area contributed by atoms with Gasteiger partial charge in [-0.3, -0.25) is 4.79 Å². The highest BCUT2D eigenvalue weighted by atomic mass is 32.1. The van der Waals surface area contributed by atoms with Crippen LogP contribution in [-0.2, 0) is 0 Å². The third kappa shape index (κ3) is 2.79. The van der Waals surface area contributed by atoms with Gasteiger partial charge in [-0.2, -0.15) is 10.4 Å². The number of rotatable bonds is 4. The molecule has 0 aromatic carbocycles.